The van der Waals surface area contributed by atoms with Crippen LogP contribution in [0.4, 0.5) is 0 Å². The zero-order valence-electron chi connectivity index (χ0n) is 11.6. The van der Waals surface area contributed by atoms with Gasteiger partial charge in [0.05, 0.1) is 19.2 Å². The second kappa shape index (κ2) is 7.00. The van der Waals surface area contributed by atoms with E-state index >= 15 is 0 Å². The number of hydrogen-bond acceptors (Lipinski definition) is 4. The molecule has 0 saturated carbocycles. The molecule has 0 aliphatic carbocycles. The molecule has 0 aliphatic heterocycles. The van der Waals surface area contributed by atoms with Gasteiger partial charge in [-0.05, 0) is 32.0 Å². The van der Waals surface area contributed by atoms with E-state index in [0.717, 1.165) is 0 Å². The highest BCUT2D eigenvalue weighted by Crippen LogP contribution is 2.24. The van der Waals surface area contributed by atoms with E-state index in [2.05, 4.69) is 5.16 Å². The Hall–Kier alpha value is -1.95. The molecule has 0 fully saturated rings. The maximum atomic E-state index is 12.6. The SMILES string of the molecule is COc1ccc(Cl)cc1C(=O)N(CC(N)=NO)C(C)C. The van der Waals surface area contributed by atoms with Gasteiger partial charge >= 0.3 is 0 Å². The molecular formula is C13H18ClN3O3. The predicted molar refractivity (Wildman–Crippen MR) is 77.6 cm³/mol. The summed E-state index contributed by atoms with van der Waals surface area (Å²) in [5.41, 5.74) is 5.81. The van der Waals surface area contributed by atoms with Gasteiger partial charge in [-0.3, -0.25) is 4.79 Å². The molecule has 0 atom stereocenters. The highest BCUT2D eigenvalue weighted by atomic mass is 35.5. The number of oxime groups is 1. The predicted octanol–water partition coefficient (Wildman–Crippen LogP) is 1.95. The van der Waals surface area contributed by atoms with Gasteiger partial charge in [-0.15, -0.1) is 0 Å². The molecule has 1 aromatic carbocycles. The molecule has 1 amide bonds. The van der Waals surface area contributed by atoms with Gasteiger partial charge in [-0.1, -0.05) is 16.8 Å². The summed E-state index contributed by atoms with van der Waals surface area (Å²) in [6, 6.07) is 4.66. The van der Waals surface area contributed by atoms with Crippen molar-refractivity contribution in [2.75, 3.05) is 13.7 Å². The first-order valence-electron chi connectivity index (χ1n) is 6.01. The molecule has 1 rings (SSSR count). The van der Waals surface area contributed by atoms with E-state index in [-0.39, 0.29) is 24.3 Å². The van der Waals surface area contributed by atoms with Gasteiger partial charge in [0.1, 0.15) is 5.75 Å². The fourth-order valence-corrected chi connectivity index (χ4v) is 1.87. The highest BCUT2D eigenvalue weighted by Gasteiger charge is 2.23. The minimum absolute atomic E-state index is 0.0165. The second-order valence-corrected chi connectivity index (χ2v) is 4.90. The number of halogens is 1. The largest absolute Gasteiger partial charge is 0.496 e. The first-order valence-corrected chi connectivity index (χ1v) is 6.39. The number of amidine groups is 1. The Morgan fingerprint density at radius 3 is 2.70 bits per heavy atom. The van der Waals surface area contributed by atoms with Gasteiger partial charge in [0.15, 0.2) is 5.84 Å². The van der Waals surface area contributed by atoms with Crippen LogP contribution in [0, 0.1) is 0 Å². The van der Waals surface area contributed by atoms with Crippen LogP contribution >= 0.6 is 11.6 Å². The number of nitrogens with two attached hydrogens (primary N) is 1. The number of benzene rings is 1. The second-order valence-electron chi connectivity index (χ2n) is 4.46. The molecule has 110 valence electrons. The fraction of sp³-hybridized carbons (Fsp3) is 0.385. The maximum absolute atomic E-state index is 12.6. The Morgan fingerprint density at radius 1 is 1.55 bits per heavy atom. The van der Waals surface area contributed by atoms with Crippen LogP contribution in [0.1, 0.15) is 24.2 Å². The smallest absolute Gasteiger partial charge is 0.258 e. The molecule has 0 saturated heterocycles. The quantitative estimate of drug-likeness (QED) is 0.376. The van der Waals surface area contributed by atoms with Crippen LogP contribution < -0.4 is 10.5 Å². The van der Waals surface area contributed by atoms with Gasteiger partial charge in [0.25, 0.3) is 5.91 Å². The molecule has 1 aromatic rings. The summed E-state index contributed by atoms with van der Waals surface area (Å²) in [4.78, 5) is 14.0. The number of carbonyl (C=O) groups excluding carboxylic acids is 1. The van der Waals surface area contributed by atoms with Gasteiger partial charge in [-0.2, -0.15) is 0 Å². The molecule has 7 heteroatoms. The van der Waals surface area contributed by atoms with Crippen LogP contribution in [0.25, 0.3) is 0 Å². The van der Waals surface area contributed by atoms with E-state index in [1.165, 1.54) is 18.1 Å². The Labute approximate surface area is 122 Å². The lowest BCUT2D eigenvalue weighted by atomic mass is 10.1. The van der Waals surface area contributed by atoms with Crippen LogP contribution in [-0.2, 0) is 0 Å². The molecule has 6 nitrogen and oxygen atoms in total. The van der Waals surface area contributed by atoms with Gasteiger partial charge < -0.3 is 20.6 Å². The van der Waals surface area contributed by atoms with Crippen molar-refractivity contribution in [3.05, 3.63) is 28.8 Å². The van der Waals surface area contributed by atoms with Crippen molar-refractivity contribution in [1.29, 1.82) is 0 Å². The Bertz CT molecular complexity index is 518. The maximum Gasteiger partial charge on any atom is 0.258 e. The first kappa shape index (κ1) is 16.1. The number of amides is 1. The molecule has 0 bridgehead atoms. The molecule has 0 unspecified atom stereocenters. The van der Waals surface area contributed by atoms with E-state index in [9.17, 15) is 4.79 Å². The molecule has 0 aromatic heterocycles. The molecule has 0 aliphatic rings. The lowest BCUT2D eigenvalue weighted by Gasteiger charge is -2.26. The minimum Gasteiger partial charge on any atom is -0.496 e. The summed E-state index contributed by atoms with van der Waals surface area (Å²) in [6.45, 7) is 3.68. The van der Waals surface area contributed by atoms with Crippen LogP contribution in [0.5, 0.6) is 5.75 Å². The zero-order chi connectivity index (χ0) is 15.3. The number of nitrogens with zero attached hydrogens (tertiary/aromatic N) is 2. The number of methoxy groups -OCH3 is 1. The van der Waals surface area contributed by atoms with E-state index in [0.29, 0.717) is 16.3 Å². The third kappa shape index (κ3) is 3.77. The number of rotatable bonds is 5. The van der Waals surface area contributed by atoms with Gasteiger partial charge in [0.2, 0.25) is 0 Å². The van der Waals surface area contributed by atoms with Crippen LogP contribution in [-0.4, -0.2) is 41.5 Å². The lowest BCUT2D eigenvalue weighted by molar-refractivity contribution is 0.0730. The molecule has 0 radical (unpaired) electrons. The summed E-state index contributed by atoms with van der Waals surface area (Å²) >= 11 is 5.92. The topological polar surface area (TPSA) is 88.2 Å². The number of ether oxygens (including phenoxy) is 1. The lowest BCUT2D eigenvalue weighted by Crippen LogP contribution is -2.43. The summed E-state index contributed by atoms with van der Waals surface area (Å²) in [5.74, 6) is 0.0727. The molecule has 20 heavy (non-hydrogen) atoms. The summed E-state index contributed by atoms with van der Waals surface area (Å²) in [5, 5.41) is 12.0. The summed E-state index contributed by atoms with van der Waals surface area (Å²) in [6.07, 6.45) is 0. The molecule has 3 N–H and O–H groups in total. The fourth-order valence-electron chi connectivity index (χ4n) is 1.70. The highest BCUT2D eigenvalue weighted by molar-refractivity contribution is 6.31. The summed E-state index contributed by atoms with van der Waals surface area (Å²) < 4.78 is 5.17. The Balaban J connectivity index is 3.15. The van der Waals surface area contributed by atoms with E-state index in [1.807, 2.05) is 13.8 Å². The minimum atomic E-state index is -0.300. The zero-order valence-corrected chi connectivity index (χ0v) is 12.4. The average Bonchev–Trinajstić information content (AvgIpc) is 2.43. The van der Waals surface area contributed by atoms with Crippen molar-refractivity contribution in [3.63, 3.8) is 0 Å². The number of carbonyl (C=O) groups is 1. The van der Waals surface area contributed by atoms with E-state index in [4.69, 9.17) is 27.3 Å². The Morgan fingerprint density at radius 2 is 2.20 bits per heavy atom. The van der Waals surface area contributed by atoms with Crippen LogP contribution in [0.3, 0.4) is 0 Å². The van der Waals surface area contributed by atoms with Crippen molar-refractivity contribution in [2.24, 2.45) is 10.9 Å². The van der Waals surface area contributed by atoms with Crippen molar-refractivity contribution >= 4 is 23.3 Å². The number of hydrogen-bond donors (Lipinski definition) is 2. The molecule has 0 spiro atoms. The summed E-state index contributed by atoms with van der Waals surface area (Å²) in [7, 11) is 1.48. The average molecular weight is 300 g/mol. The van der Waals surface area contributed by atoms with Crippen LogP contribution in [0.2, 0.25) is 5.02 Å². The first-order chi connectivity index (χ1) is 9.40. The third-order valence-electron chi connectivity index (χ3n) is 2.74. The third-order valence-corrected chi connectivity index (χ3v) is 2.97. The van der Waals surface area contributed by atoms with E-state index in [1.54, 1.807) is 12.1 Å². The van der Waals surface area contributed by atoms with Gasteiger partial charge in [0, 0.05) is 11.1 Å². The van der Waals surface area contributed by atoms with Gasteiger partial charge in [-0.25, -0.2) is 0 Å². The van der Waals surface area contributed by atoms with Crippen molar-refractivity contribution in [2.45, 2.75) is 19.9 Å². The van der Waals surface area contributed by atoms with E-state index < -0.39 is 0 Å². The van der Waals surface area contributed by atoms with Crippen LogP contribution in [0.15, 0.2) is 23.4 Å². The normalized spacial score (nSPS) is 11.6. The Kier molecular flexibility index (Phi) is 5.64. The standard InChI is InChI=1S/C13H18ClN3O3/c1-8(2)17(7-12(15)16-19)13(18)10-6-9(14)4-5-11(10)20-3/h4-6,8,19H,7H2,1-3H3,(H2,15,16). The van der Waals surface area contributed by atoms with Crippen molar-refractivity contribution < 1.29 is 14.7 Å². The van der Waals surface area contributed by atoms with Crippen molar-refractivity contribution in [3.8, 4) is 5.75 Å². The molecular weight excluding hydrogens is 282 g/mol. The van der Waals surface area contributed by atoms with Crippen molar-refractivity contribution in [1.82, 2.24) is 4.90 Å². The molecule has 0 heterocycles. The monoisotopic (exact) mass is 299 g/mol.